The molecule has 7 heteroatoms. The minimum absolute atomic E-state index is 0.644. The van der Waals surface area contributed by atoms with Crippen LogP contribution in [-0.2, 0) is 0 Å². The van der Waals surface area contributed by atoms with E-state index in [0.717, 1.165) is 101 Å². The van der Waals surface area contributed by atoms with Crippen molar-refractivity contribution in [2.45, 2.75) is 0 Å². The molecule has 6 heterocycles. The van der Waals surface area contributed by atoms with E-state index in [1.54, 1.807) is 0 Å². The first-order chi connectivity index (χ1) is 54.5. The fourth-order valence-electron chi connectivity index (χ4n) is 16.7. The Hall–Kier alpha value is -14.8. The number of fused-ring (bicyclic) bond motifs is 13. The molecule has 0 bridgehead atoms. The summed E-state index contributed by atoms with van der Waals surface area (Å²) >= 11 is 0. The molecular weight excluding hydrogens is 1340 g/mol. The molecule has 0 atom stereocenters. The molecule has 22 rings (SSSR count). The normalized spacial score (nSPS) is 11.6. The lowest BCUT2D eigenvalue weighted by Gasteiger charge is -2.13. The maximum absolute atomic E-state index is 5.36. The Balaban J connectivity index is 0.000000140. The van der Waals surface area contributed by atoms with E-state index < -0.39 is 0 Å². The van der Waals surface area contributed by atoms with Gasteiger partial charge >= 0.3 is 0 Å². The van der Waals surface area contributed by atoms with Crippen molar-refractivity contribution in [3.8, 4) is 101 Å². The Kier molecular flexibility index (Phi) is 15.4. The molecule has 514 valence electrons. The molecule has 110 heavy (non-hydrogen) atoms. The van der Waals surface area contributed by atoms with Gasteiger partial charge in [-0.1, -0.05) is 309 Å². The summed E-state index contributed by atoms with van der Waals surface area (Å²) in [5, 5.41) is 12.2. The molecule has 6 aromatic heterocycles. The predicted molar refractivity (Wildman–Crippen MR) is 459 cm³/mol. The Bertz CT molecular complexity index is 7180. The van der Waals surface area contributed by atoms with Crippen LogP contribution in [0.1, 0.15) is 0 Å². The van der Waals surface area contributed by atoms with Crippen molar-refractivity contribution in [3.05, 3.63) is 406 Å². The molecule has 7 nitrogen and oxygen atoms in total. The molecule has 0 fully saturated rings. The first kappa shape index (κ1) is 63.7. The molecule has 0 unspecified atom stereocenters. The topological polar surface area (TPSA) is 58.4 Å². The molecule has 0 N–H and O–H groups in total. The summed E-state index contributed by atoms with van der Waals surface area (Å²) in [7, 11) is 0. The molecule has 0 aliphatic rings. The van der Waals surface area contributed by atoms with E-state index in [0.29, 0.717) is 5.95 Å². The zero-order valence-corrected chi connectivity index (χ0v) is 59.8. The van der Waals surface area contributed by atoms with Crippen molar-refractivity contribution in [3.63, 3.8) is 0 Å². The molecule has 22 aromatic rings. The van der Waals surface area contributed by atoms with Gasteiger partial charge in [-0.3, -0.25) is 9.13 Å². The summed E-state index contributed by atoms with van der Waals surface area (Å²) in [6.45, 7) is 0. The standard InChI is InChI=1S/C52H34N4.C51H33N3/c1-4-14-35(15-5-1)36-24-28-41(29-25-36)55-48-22-12-11-21-43(48)45-32-39(27-31-50(45)55)40-26-30-44-42-20-10-13-23-49(42)56(51(44)33-40)52-53-46(37-16-6-2-7-17-37)34-47(54-52)38-18-8-3-9-19-38;1-3-14-34(15-4-1)39-31-45(36-17-5-2-6-18-36)52-51(33-39)54-48-24-12-9-21-41(48)43-28-26-38(32-50(43)54)37-27-29-49-44(30-37)42-22-10-11-23-47(42)53(49)46-25-13-19-35-16-7-8-20-40(35)46/h1-34H;1-33H. The van der Waals surface area contributed by atoms with Crippen LogP contribution < -0.4 is 0 Å². The average molecular weight is 1400 g/mol. The number of benzene rings is 16. The van der Waals surface area contributed by atoms with Crippen molar-refractivity contribution in [1.29, 1.82) is 0 Å². The zero-order valence-electron chi connectivity index (χ0n) is 59.8. The van der Waals surface area contributed by atoms with Crippen LogP contribution in [0.15, 0.2) is 406 Å². The fourth-order valence-corrected chi connectivity index (χ4v) is 16.7. The smallest absolute Gasteiger partial charge is 0.235 e. The summed E-state index contributed by atoms with van der Waals surface area (Å²) in [4.78, 5) is 15.9. The lowest BCUT2D eigenvalue weighted by molar-refractivity contribution is 0.996. The molecule has 0 saturated heterocycles. The lowest BCUT2D eigenvalue weighted by Crippen LogP contribution is -2.04. The number of hydrogen-bond donors (Lipinski definition) is 0. The van der Waals surface area contributed by atoms with Gasteiger partial charge in [0, 0.05) is 70.9 Å². The van der Waals surface area contributed by atoms with Gasteiger partial charge < -0.3 is 9.13 Å². The molecule has 0 amide bonds. The highest BCUT2D eigenvalue weighted by molar-refractivity contribution is 6.15. The molecular formula is C103H67N7. The summed E-state index contributed by atoms with van der Waals surface area (Å²) in [5.41, 5.74) is 26.8. The van der Waals surface area contributed by atoms with E-state index in [2.05, 4.69) is 413 Å². The molecule has 0 radical (unpaired) electrons. The lowest BCUT2D eigenvalue weighted by atomic mass is 10.0. The monoisotopic (exact) mass is 1400 g/mol. The summed E-state index contributed by atoms with van der Waals surface area (Å²) in [6, 6.07) is 145. The minimum atomic E-state index is 0.644. The second kappa shape index (κ2) is 26.7. The molecule has 16 aromatic carbocycles. The second-order valence-corrected chi connectivity index (χ2v) is 28.3. The van der Waals surface area contributed by atoms with Crippen molar-refractivity contribution < 1.29 is 0 Å². The number of hydrogen-bond acceptors (Lipinski definition) is 3. The van der Waals surface area contributed by atoms with Gasteiger partial charge in [0.1, 0.15) is 5.82 Å². The van der Waals surface area contributed by atoms with Crippen LogP contribution in [0.3, 0.4) is 0 Å². The van der Waals surface area contributed by atoms with Gasteiger partial charge in [-0.15, -0.1) is 0 Å². The van der Waals surface area contributed by atoms with Crippen LogP contribution in [0.2, 0.25) is 0 Å². The largest absolute Gasteiger partial charge is 0.309 e. The second-order valence-electron chi connectivity index (χ2n) is 28.3. The Morgan fingerprint density at radius 1 is 0.164 bits per heavy atom. The third-order valence-electron chi connectivity index (χ3n) is 21.9. The van der Waals surface area contributed by atoms with E-state index in [-0.39, 0.29) is 0 Å². The summed E-state index contributed by atoms with van der Waals surface area (Å²) in [5.74, 6) is 1.54. The maximum atomic E-state index is 5.36. The highest BCUT2D eigenvalue weighted by Crippen LogP contribution is 2.43. The van der Waals surface area contributed by atoms with Crippen LogP contribution in [0.25, 0.3) is 199 Å². The SMILES string of the molecule is c1ccc(-c2cc(-c3ccccc3)nc(-n3c4ccccc4c4ccc(-c5ccc6c(c5)c5ccccc5n6-c5cccc6ccccc56)cc43)c2)cc1.c1ccc(-c2ccc(-n3c4ccccc4c4cc(-c5ccc6c7ccccc7n(-c7nc(-c8ccccc8)cc(-c8ccccc8)n7)c6c5)ccc43)cc2)cc1. The van der Waals surface area contributed by atoms with Crippen LogP contribution in [0.4, 0.5) is 0 Å². The highest BCUT2D eigenvalue weighted by Gasteiger charge is 2.23. The predicted octanol–water partition coefficient (Wildman–Crippen LogP) is 26.8. The van der Waals surface area contributed by atoms with Crippen LogP contribution in [-0.4, -0.2) is 33.2 Å². The van der Waals surface area contributed by atoms with Gasteiger partial charge in [0.05, 0.1) is 66.9 Å². The van der Waals surface area contributed by atoms with Crippen LogP contribution in [0, 0.1) is 0 Å². The third kappa shape index (κ3) is 11.0. The third-order valence-corrected chi connectivity index (χ3v) is 21.9. The average Bonchev–Trinajstić information content (AvgIpc) is 1.59. The molecule has 0 aliphatic heterocycles. The Morgan fingerprint density at radius 2 is 0.509 bits per heavy atom. The number of pyridine rings is 1. The van der Waals surface area contributed by atoms with E-state index in [1.807, 2.05) is 12.1 Å². The van der Waals surface area contributed by atoms with Crippen LogP contribution >= 0.6 is 0 Å². The van der Waals surface area contributed by atoms with E-state index in [9.17, 15) is 0 Å². The van der Waals surface area contributed by atoms with Gasteiger partial charge in [-0.2, -0.15) is 0 Å². The Morgan fingerprint density at radius 3 is 1.04 bits per heavy atom. The van der Waals surface area contributed by atoms with E-state index in [1.165, 1.54) is 92.9 Å². The van der Waals surface area contributed by atoms with Crippen LogP contribution in [0.5, 0.6) is 0 Å². The summed E-state index contributed by atoms with van der Waals surface area (Å²) in [6.07, 6.45) is 0. The van der Waals surface area contributed by atoms with Gasteiger partial charge in [0.2, 0.25) is 5.95 Å². The van der Waals surface area contributed by atoms with Gasteiger partial charge in [-0.05, 0) is 147 Å². The molecule has 0 spiro atoms. The van der Waals surface area contributed by atoms with Crippen molar-refractivity contribution >= 4 is 98.0 Å². The van der Waals surface area contributed by atoms with E-state index in [4.69, 9.17) is 15.0 Å². The molecule has 0 aliphatic carbocycles. The minimum Gasteiger partial charge on any atom is -0.309 e. The van der Waals surface area contributed by atoms with Gasteiger partial charge in [0.15, 0.2) is 0 Å². The first-order valence-corrected chi connectivity index (χ1v) is 37.5. The number of para-hydroxylation sites is 4. The highest BCUT2D eigenvalue weighted by atomic mass is 15.2. The summed E-state index contributed by atoms with van der Waals surface area (Å²) < 4.78 is 9.38. The van der Waals surface area contributed by atoms with E-state index >= 15 is 0 Å². The number of aromatic nitrogens is 7. The van der Waals surface area contributed by atoms with Gasteiger partial charge in [0.25, 0.3) is 0 Å². The molecule has 0 saturated carbocycles. The number of nitrogens with zero attached hydrogens (tertiary/aromatic N) is 7. The van der Waals surface area contributed by atoms with Crippen molar-refractivity contribution in [2.75, 3.05) is 0 Å². The first-order valence-electron chi connectivity index (χ1n) is 37.5. The fraction of sp³-hybridized carbons (Fsp3) is 0. The Labute approximate surface area is 635 Å². The number of rotatable bonds is 11. The van der Waals surface area contributed by atoms with Crippen molar-refractivity contribution in [1.82, 2.24) is 33.2 Å². The zero-order chi connectivity index (χ0) is 72.6. The van der Waals surface area contributed by atoms with Crippen molar-refractivity contribution in [2.24, 2.45) is 0 Å². The van der Waals surface area contributed by atoms with Gasteiger partial charge in [-0.25, -0.2) is 15.0 Å². The maximum Gasteiger partial charge on any atom is 0.235 e. The quantitative estimate of drug-likeness (QED) is 0.130.